The van der Waals surface area contributed by atoms with Crippen LogP contribution in [0.2, 0.25) is 5.02 Å². The Hall–Kier alpha value is -1.02. The highest BCUT2D eigenvalue weighted by Crippen LogP contribution is 2.34. The van der Waals surface area contributed by atoms with E-state index in [1.54, 1.807) is 24.3 Å². The van der Waals surface area contributed by atoms with Crippen molar-refractivity contribution in [3.05, 3.63) is 34.9 Å². The molecule has 1 aromatic rings. The molecule has 0 bridgehead atoms. The van der Waals surface area contributed by atoms with Gasteiger partial charge in [-0.05, 0) is 36.6 Å². The van der Waals surface area contributed by atoms with Gasteiger partial charge in [-0.3, -0.25) is 0 Å². The Kier molecular flexibility index (Phi) is 14.0. The van der Waals surface area contributed by atoms with Crippen LogP contribution < -0.4 is 0 Å². The van der Waals surface area contributed by atoms with Gasteiger partial charge in [0.1, 0.15) is 0 Å². The first-order valence-corrected chi connectivity index (χ1v) is 13.1. The minimum Gasteiger partial charge on any atom is -0.462 e. The molecule has 1 fully saturated rings. The molecule has 30 heavy (non-hydrogen) atoms. The predicted octanol–water partition coefficient (Wildman–Crippen LogP) is 9.15. The van der Waals surface area contributed by atoms with Crippen LogP contribution in [0.25, 0.3) is 0 Å². The van der Waals surface area contributed by atoms with Crippen LogP contribution in [0.3, 0.4) is 0 Å². The van der Waals surface area contributed by atoms with Gasteiger partial charge in [0.05, 0.1) is 12.2 Å². The molecule has 0 unspecified atom stereocenters. The standard InChI is InChI=1S/C27H43ClO2/c28-26-21-19-25(20-22-26)27(29)30-23-15-13-11-9-7-5-3-1-2-4-6-8-10-12-14-16-24-17-18-24/h19-22,24H,1-18,23H2. The summed E-state index contributed by atoms with van der Waals surface area (Å²) >= 11 is 5.83. The Morgan fingerprint density at radius 3 is 1.60 bits per heavy atom. The molecule has 0 saturated heterocycles. The predicted molar refractivity (Wildman–Crippen MR) is 128 cm³/mol. The van der Waals surface area contributed by atoms with Crippen LogP contribution in [0, 0.1) is 5.92 Å². The van der Waals surface area contributed by atoms with E-state index in [1.165, 1.54) is 103 Å². The van der Waals surface area contributed by atoms with Crippen molar-refractivity contribution < 1.29 is 9.53 Å². The largest absolute Gasteiger partial charge is 0.462 e. The zero-order valence-electron chi connectivity index (χ0n) is 19.0. The molecule has 170 valence electrons. The molecule has 1 aliphatic rings. The van der Waals surface area contributed by atoms with Gasteiger partial charge in [0.2, 0.25) is 0 Å². The molecule has 1 saturated carbocycles. The number of unbranched alkanes of at least 4 members (excludes halogenated alkanes) is 14. The number of esters is 1. The number of halogens is 1. The SMILES string of the molecule is O=C(OCCCCCCCCCCCCCCCCCC1CC1)c1ccc(Cl)cc1. The minimum atomic E-state index is -0.250. The lowest BCUT2D eigenvalue weighted by molar-refractivity contribution is 0.0497. The molecule has 0 heterocycles. The van der Waals surface area contributed by atoms with Crippen molar-refractivity contribution in [2.45, 2.75) is 116 Å². The number of rotatable bonds is 19. The maximum Gasteiger partial charge on any atom is 0.338 e. The lowest BCUT2D eigenvalue weighted by Gasteiger charge is -2.05. The average molecular weight is 435 g/mol. The van der Waals surface area contributed by atoms with Gasteiger partial charge in [-0.25, -0.2) is 4.79 Å². The summed E-state index contributed by atoms with van der Waals surface area (Å²) in [4.78, 5) is 11.9. The molecular formula is C27H43ClO2. The van der Waals surface area contributed by atoms with Crippen molar-refractivity contribution in [2.75, 3.05) is 6.61 Å². The summed E-state index contributed by atoms with van der Waals surface area (Å²) in [5.74, 6) is 0.871. The van der Waals surface area contributed by atoms with E-state index in [2.05, 4.69) is 0 Å². The fourth-order valence-electron chi connectivity index (χ4n) is 4.07. The van der Waals surface area contributed by atoms with E-state index in [1.807, 2.05) is 0 Å². The zero-order valence-corrected chi connectivity index (χ0v) is 19.8. The Morgan fingerprint density at radius 1 is 0.700 bits per heavy atom. The van der Waals surface area contributed by atoms with Crippen molar-refractivity contribution in [3.63, 3.8) is 0 Å². The first-order chi connectivity index (χ1) is 14.8. The van der Waals surface area contributed by atoms with Crippen LogP contribution in [-0.4, -0.2) is 12.6 Å². The van der Waals surface area contributed by atoms with Crippen LogP contribution in [0.15, 0.2) is 24.3 Å². The van der Waals surface area contributed by atoms with Crippen LogP contribution in [-0.2, 0) is 4.74 Å². The number of carbonyl (C=O) groups excluding carboxylic acids is 1. The third kappa shape index (κ3) is 13.3. The topological polar surface area (TPSA) is 26.3 Å². The van der Waals surface area contributed by atoms with Gasteiger partial charge in [0, 0.05) is 5.02 Å². The molecular weight excluding hydrogens is 392 g/mol. The average Bonchev–Trinajstić information content (AvgIpc) is 3.57. The van der Waals surface area contributed by atoms with E-state index < -0.39 is 0 Å². The second-order valence-electron chi connectivity index (χ2n) is 9.18. The normalized spacial score (nSPS) is 13.5. The van der Waals surface area contributed by atoms with Crippen molar-refractivity contribution in [1.82, 2.24) is 0 Å². The third-order valence-corrected chi connectivity index (χ3v) is 6.52. The molecule has 3 heteroatoms. The number of ether oxygens (including phenoxy) is 1. The van der Waals surface area contributed by atoms with Crippen LogP contribution in [0.4, 0.5) is 0 Å². The van der Waals surface area contributed by atoms with E-state index in [9.17, 15) is 4.79 Å². The van der Waals surface area contributed by atoms with E-state index in [-0.39, 0.29) is 5.97 Å². The monoisotopic (exact) mass is 434 g/mol. The third-order valence-electron chi connectivity index (χ3n) is 6.27. The number of carbonyl (C=O) groups is 1. The summed E-state index contributed by atoms with van der Waals surface area (Å²) in [6.45, 7) is 0.516. The highest BCUT2D eigenvalue weighted by Gasteiger charge is 2.19. The first-order valence-electron chi connectivity index (χ1n) is 12.7. The lowest BCUT2D eigenvalue weighted by atomic mass is 10.0. The van der Waals surface area contributed by atoms with Gasteiger partial charge in [0.25, 0.3) is 0 Å². The summed E-state index contributed by atoms with van der Waals surface area (Å²) in [6, 6.07) is 6.86. The summed E-state index contributed by atoms with van der Waals surface area (Å²) in [5, 5.41) is 0.635. The van der Waals surface area contributed by atoms with Gasteiger partial charge in [-0.15, -0.1) is 0 Å². The summed E-state index contributed by atoms with van der Waals surface area (Å²) < 4.78 is 5.32. The van der Waals surface area contributed by atoms with Gasteiger partial charge in [-0.2, -0.15) is 0 Å². The highest BCUT2D eigenvalue weighted by molar-refractivity contribution is 6.30. The highest BCUT2D eigenvalue weighted by atomic mass is 35.5. The maximum atomic E-state index is 11.9. The molecule has 0 N–H and O–H groups in total. The van der Waals surface area contributed by atoms with E-state index in [0.717, 1.165) is 18.8 Å². The Balaban J connectivity index is 1.24. The maximum absolute atomic E-state index is 11.9. The van der Waals surface area contributed by atoms with Crippen molar-refractivity contribution in [2.24, 2.45) is 5.92 Å². The smallest absolute Gasteiger partial charge is 0.338 e. The Morgan fingerprint density at radius 2 is 1.13 bits per heavy atom. The Bertz CT molecular complexity index is 550. The molecule has 0 spiro atoms. The molecule has 1 aromatic carbocycles. The summed E-state index contributed by atoms with van der Waals surface area (Å²) in [6.07, 6.45) is 25.0. The molecule has 2 rings (SSSR count). The lowest BCUT2D eigenvalue weighted by Crippen LogP contribution is -2.06. The number of hydrogen-bond acceptors (Lipinski definition) is 2. The van der Waals surface area contributed by atoms with E-state index in [4.69, 9.17) is 16.3 Å². The fraction of sp³-hybridized carbons (Fsp3) is 0.741. The quantitative estimate of drug-likeness (QED) is 0.160. The molecule has 0 atom stereocenters. The van der Waals surface area contributed by atoms with Gasteiger partial charge >= 0.3 is 5.97 Å². The van der Waals surface area contributed by atoms with Crippen molar-refractivity contribution in [1.29, 1.82) is 0 Å². The fourth-order valence-corrected chi connectivity index (χ4v) is 4.20. The molecule has 0 aliphatic heterocycles. The molecule has 0 radical (unpaired) electrons. The van der Waals surface area contributed by atoms with Crippen molar-refractivity contribution in [3.8, 4) is 0 Å². The molecule has 0 aromatic heterocycles. The van der Waals surface area contributed by atoms with Crippen LogP contribution in [0.5, 0.6) is 0 Å². The molecule has 1 aliphatic carbocycles. The van der Waals surface area contributed by atoms with Gasteiger partial charge < -0.3 is 4.74 Å². The first kappa shape index (κ1) is 25.2. The zero-order chi connectivity index (χ0) is 21.3. The second kappa shape index (κ2) is 16.6. The molecule has 0 amide bonds. The van der Waals surface area contributed by atoms with Crippen LogP contribution in [0.1, 0.15) is 126 Å². The number of hydrogen-bond donors (Lipinski definition) is 0. The van der Waals surface area contributed by atoms with Gasteiger partial charge in [0.15, 0.2) is 0 Å². The van der Waals surface area contributed by atoms with Gasteiger partial charge in [-0.1, -0.05) is 121 Å². The van der Waals surface area contributed by atoms with E-state index >= 15 is 0 Å². The number of benzene rings is 1. The summed E-state index contributed by atoms with van der Waals surface area (Å²) in [7, 11) is 0. The summed E-state index contributed by atoms with van der Waals surface area (Å²) in [5.41, 5.74) is 0.572. The van der Waals surface area contributed by atoms with E-state index in [0.29, 0.717) is 17.2 Å². The molecule has 2 nitrogen and oxygen atoms in total. The van der Waals surface area contributed by atoms with Crippen molar-refractivity contribution >= 4 is 17.6 Å². The Labute approximate surface area is 190 Å². The van der Waals surface area contributed by atoms with Crippen LogP contribution >= 0.6 is 11.6 Å². The minimum absolute atomic E-state index is 0.250. The second-order valence-corrected chi connectivity index (χ2v) is 9.61.